The Morgan fingerprint density at radius 2 is 1.96 bits per heavy atom. The summed E-state index contributed by atoms with van der Waals surface area (Å²) in [4.78, 5) is 24.9. The number of nitrogens with one attached hydrogen (secondary N) is 2. The third-order valence-electron chi connectivity index (χ3n) is 3.86. The fraction of sp³-hybridized carbons (Fsp3) is 0.167. The number of nitrogens with two attached hydrogens (primary N) is 1. The van der Waals surface area contributed by atoms with Crippen molar-refractivity contribution in [1.29, 1.82) is 0 Å². The third kappa shape index (κ3) is 4.12. The van der Waals surface area contributed by atoms with Crippen molar-refractivity contribution in [2.75, 3.05) is 5.32 Å². The Morgan fingerprint density at radius 1 is 1.20 bits per heavy atom. The molecule has 7 heteroatoms. The average Bonchev–Trinajstić information content (AvgIpc) is 3.13. The van der Waals surface area contributed by atoms with Gasteiger partial charge in [-0.1, -0.05) is 30.3 Å². The molecule has 0 radical (unpaired) electrons. The lowest BCUT2D eigenvalue weighted by Crippen LogP contribution is -2.33. The minimum Gasteiger partial charge on any atom is -0.365 e. The Hall–Kier alpha value is -2.51. The number of hydrogen-bond acceptors (Lipinski definition) is 4. The molecule has 1 aromatic heterocycles. The summed E-state index contributed by atoms with van der Waals surface area (Å²) < 4.78 is 0. The fourth-order valence-electron chi connectivity index (χ4n) is 2.78. The van der Waals surface area contributed by atoms with Gasteiger partial charge < -0.3 is 11.1 Å². The van der Waals surface area contributed by atoms with Crippen LogP contribution in [0.15, 0.2) is 36.4 Å². The second kappa shape index (κ2) is 7.58. The molecule has 1 aliphatic rings. The number of primary amides is 1. The lowest BCUT2D eigenvalue weighted by Gasteiger charge is -2.08. The summed E-state index contributed by atoms with van der Waals surface area (Å²) in [5.41, 5.74) is 7.93. The second-order valence-electron chi connectivity index (χ2n) is 5.61. The SMILES string of the molecule is NC(=O)c1c(NC(=S)NC(=O)C=Cc2ccccc2)sc2c1CCC2. The van der Waals surface area contributed by atoms with Crippen LogP contribution in [0.2, 0.25) is 0 Å². The van der Waals surface area contributed by atoms with E-state index in [4.69, 9.17) is 18.0 Å². The fourth-order valence-corrected chi connectivity index (χ4v) is 4.34. The van der Waals surface area contributed by atoms with Crippen LogP contribution in [0.1, 0.15) is 32.8 Å². The van der Waals surface area contributed by atoms with Gasteiger partial charge in [-0.3, -0.25) is 14.9 Å². The molecule has 3 rings (SSSR count). The van der Waals surface area contributed by atoms with Crippen molar-refractivity contribution in [1.82, 2.24) is 5.32 Å². The zero-order valence-corrected chi connectivity index (χ0v) is 15.0. The van der Waals surface area contributed by atoms with Crippen LogP contribution in [0.25, 0.3) is 6.08 Å². The van der Waals surface area contributed by atoms with Gasteiger partial charge in [-0.15, -0.1) is 11.3 Å². The van der Waals surface area contributed by atoms with Crippen LogP contribution in [0.4, 0.5) is 5.00 Å². The first-order valence-corrected chi connectivity index (χ1v) is 9.06. The minimum atomic E-state index is -0.472. The minimum absolute atomic E-state index is 0.144. The quantitative estimate of drug-likeness (QED) is 0.570. The maximum absolute atomic E-state index is 12.0. The number of hydrogen-bond donors (Lipinski definition) is 3. The Bertz CT molecular complexity index is 857. The Kier molecular flexibility index (Phi) is 5.25. The molecular weight excluding hydrogens is 354 g/mol. The number of benzene rings is 1. The van der Waals surface area contributed by atoms with Crippen LogP contribution in [0.3, 0.4) is 0 Å². The van der Waals surface area contributed by atoms with E-state index in [1.54, 1.807) is 6.08 Å². The first kappa shape index (κ1) is 17.3. The van der Waals surface area contributed by atoms with E-state index in [1.807, 2.05) is 30.3 Å². The Morgan fingerprint density at radius 3 is 2.68 bits per heavy atom. The van der Waals surface area contributed by atoms with E-state index in [1.165, 1.54) is 17.4 Å². The van der Waals surface area contributed by atoms with Crippen molar-refractivity contribution in [2.24, 2.45) is 5.73 Å². The molecule has 4 N–H and O–H groups in total. The first-order valence-electron chi connectivity index (χ1n) is 7.84. The van der Waals surface area contributed by atoms with Gasteiger partial charge in [0.25, 0.3) is 5.91 Å². The molecule has 0 spiro atoms. The van der Waals surface area contributed by atoms with Crippen molar-refractivity contribution in [3.05, 3.63) is 58.0 Å². The first-order chi connectivity index (χ1) is 12.0. The number of thiocarbonyl (C=S) groups is 1. The van der Waals surface area contributed by atoms with Crippen molar-refractivity contribution in [3.63, 3.8) is 0 Å². The van der Waals surface area contributed by atoms with Gasteiger partial charge in [0, 0.05) is 11.0 Å². The number of aryl methyl sites for hydroxylation is 1. The summed E-state index contributed by atoms with van der Waals surface area (Å²) in [6.07, 6.45) is 5.94. The molecule has 5 nitrogen and oxygen atoms in total. The highest BCUT2D eigenvalue weighted by Crippen LogP contribution is 2.38. The maximum atomic E-state index is 12.0. The van der Waals surface area contributed by atoms with Gasteiger partial charge in [0.15, 0.2) is 5.11 Å². The summed E-state index contributed by atoms with van der Waals surface area (Å²) in [6.45, 7) is 0. The molecule has 0 bridgehead atoms. The predicted molar refractivity (Wildman–Crippen MR) is 105 cm³/mol. The van der Waals surface area contributed by atoms with Gasteiger partial charge in [-0.2, -0.15) is 0 Å². The number of fused-ring (bicyclic) bond motifs is 1. The number of carbonyl (C=O) groups is 2. The molecule has 0 atom stereocenters. The molecule has 1 aromatic carbocycles. The zero-order valence-electron chi connectivity index (χ0n) is 13.4. The predicted octanol–water partition coefficient (Wildman–Crippen LogP) is 2.86. The molecule has 25 heavy (non-hydrogen) atoms. The highest BCUT2D eigenvalue weighted by molar-refractivity contribution is 7.80. The summed E-state index contributed by atoms with van der Waals surface area (Å²) >= 11 is 6.65. The lowest BCUT2D eigenvalue weighted by atomic mass is 10.1. The monoisotopic (exact) mass is 371 g/mol. The Labute approximate surface area is 154 Å². The molecule has 0 saturated heterocycles. The molecule has 0 aliphatic heterocycles. The van der Waals surface area contributed by atoms with E-state index in [2.05, 4.69) is 10.6 Å². The van der Waals surface area contributed by atoms with Crippen molar-refractivity contribution in [3.8, 4) is 0 Å². The Balaban J connectivity index is 1.64. The van der Waals surface area contributed by atoms with Crippen LogP contribution < -0.4 is 16.4 Å². The number of carbonyl (C=O) groups excluding carboxylic acids is 2. The molecule has 0 unspecified atom stereocenters. The topological polar surface area (TPSA) is 84.2 Å². The van der Waals surface area contributed by atoms with E-state index >= 15 is 0 Å². The van der Waals surface area contributed by atoms with Crippen LogP contribution in [0, 0.1) is 0 Å². The van der Waals surface area contributed by atoms with Gasteiger partial charge >= 0.3 is 0 Å². The van der Waals surface area contributed by atoms with Crippen LogP contribution in [-0.2, 0) is 17.6 Å². The van der Waals surface area contributed by atoms with Gasteiger partial charge in [-0.05, 0) is 48.7 Å². The smallest absolute Gasteiger partial charge is 0.251 e. The summed E-state index contributed by atoms with van der Waals surface area (Å²) in [5, 5.41) is 6.26. The average molecular weight is 371 g/mol. The molecular formula is C18H17N3O2S2. The highest BCUT2D eigenvalue weighted by atomic mass is 32.1. The summed E-state index contributed by atoms with van der Waals surface area (Å²) in [7, 11) is 0. The van der Waals surface area contributed by atoms with Gasteiger partial charge in [0.2, 0.25) is 5.91 Å². The van der Waals surface area contributed by atoms with Crippen LogP contribution in [-0.4, -0.2) is 16.9 Å². The number of amides is 2. The number of anilines is 1. The van der Waals surface area contributed by atoms with Crippen molar-refractivity contribution >= 4 is 51.6 Å². The van der Waals surface area contributed by atoms with Crippen LogP contribution in [0.5, 0.6) is 0 Å². The summed E-state index contributed by atoms with van der Waals surface area (Å²) in [5.74, 6) is -0.814. The van der Waals surface area contributed by atoms with Crippen molar-refractivity contribution < 1.29 is 9.59 Å². The van der Waals surface area contributed by atoms with E-state index < -0.39 is 5.91 Å². The van der Waals surface area contributed by atoms with Gasteiger partial charge in [0.1, 0.15) is 5.00 Å². The van der Waals surface area contributed by atoms with Gasteiger partial charge in [-0.25, -0.2) is 0 Å². The highest BCUT2D eigenvalue weighted by Gasteiger charge is 2.25. The van der Waals surface area contributed by atoms with Crippen LogP contribution >= 0.6 is 23.6 Å². The normalized spacial score (nSPS) is 12.8. The van der Waals surface area contributed by atoms with E-state index in [0.29, 0.717) is 10.6 Å². The molecule has 0 fully saturated rings. The van der Waals surface area contributed by atoms with Gasteiger partial charge in [0.05, 0.1) is 5.56 Å². The van der Waals surface area contributed by atoms with Crippen molar-refractivity contribution in [2.45, 2.75) is 19.3 Å². The zero-order chi connectivity index (χ0) is 17.8. The lowest BCUT2D eigenvalue weighted by molar-refractivity contribution is -0.115. The van der Waals surface area contributed by atoms with E-state index in [9.17, 15) is 9.59 Å². The van der Waals surface area contributed by atoms with E-state index in [-0.39, 0.29) is 11.0 Å². The third-order valence-corrected chi connectivity index (χ3v) is 5.27. The molecule has 1 heterocycles. The molecule has 128 valence electrons. The van der Waals surface area contributed by atoms with E-state index in [0.717, 1.165) is 35.3 Å². The molecule has 0 saturated carbocycles. The molecule has 1 aliphatic carbocycles. The molecule has 2 amide bonds. The largest absolute Gasteiger partial charge is 0.365 e. The standard InChI is InChI=1S/C18H17N3O2S2/c19-16(23)15-12-7-4-8-13(12)25-17(15)21-18(24)20-14(22)10-9-11-5-2-1-3-6-11/h1-3,5-6,9-10H,4,7-8H2,(H2,19,23)(H2,20,21,22,24). The maximum Gasteiger partial charge on any atom is 0.251 e. The molecule has 2 aromatic rings. The summed E-state index contributed by atoms with van der Waals surface area (Å²) in [6, 6.07) is 9.49. The second-order valence-corrected chi connectivity index (χ2v) is 7.13. The number of thiophene rings is 1. The number of rotatable bonds is 4.